The van der Waals surface area contributed by atoms with Gasteiger partial charge in [-0.25, -0.2) is 0 Å². The third kappa shape index (κ3) is 8.59. The maximum absolute atomic E-state index is 13.3. The van der Waals surface area contributed by atoms with Crippen LogP contribution < -0.4 is 15.5 Å². The number of carbonyl (C=O) groups excluding carboxylic acids is 4. The lowest BCUT2D eigenvalue weighted by atomic mass is 9.96. The Kier molecular flexibility index (Phi) is 12.3. The molecule has 3 saturated heterocycles. The number of nitrogens with zero attached hydrogens (tertiary/aromatic N) is 5. The van der Waals surface area contributed by atoms with Gasteiger partial charge in [0.15, 0.2) is 0 Å². The fourth-order valence-corrected chi connectivity index (χ4v) is 6.44. The Bertz CT molecular complexity index is 1050. The highest BCUT2D eigenvalue weighted by atomic mass is 16.2. The van der Waals surface area contributed by atoms with Gasteiger partial charge in [0.1, 0.15) is 12.3 Å². The van der Waals surface area contributed by atoms with E-state index in [2.05, 4.69) is 30.2 Å². The molecule has 3 amide bonds. The van der Waals surface area contributed by atoms with E-state index < -0.39 is 17.9 Å². The minimum atomic E-state index is -1.03. The molecule has 232 valence electrons. The van der Waals surface area contributed by atoms with E-state index in [1.165, 1.54) is 65.7 Å². The number of hydrogen-bond acceptors (Lipinski definition) is 9. The second-order valence-corrected chi connectivity index (χ2v) is 11.9. The van der Waals surface area contributed by atoms with Crippen LogP contribution in [0.4, 0.5) is 5.69 Å². The smallest absolute Gasteiger partial charge is 0.261 e. The second-order valence-electron chi connectivity index (χ2n) is 11.9. The van der Waals surface area contributed by atoms with Crippen molar-refractivity contribution in [1.29, 1.82) is 0 Å². The molecule has 3 fully saturated rings. The number of nitrogens with one attached hydrogen (secondary N) is 2. The molecule has 0 saturated carbocycles. The average Bonchev–Trinajstić information content (AvgIpc) is 3.03. The lowest BCUT2D eigenvalue weighted by molar-refractivity contribution is -0.131. The van der Waals surface area contributed by atoms with E-state index in [4.69, 9.17) is 0 Å². The Morgan fingerprint density at radius 3 is 2.24 bits per heavy atom. The van der Waals surface area contributed by atoms with Crippen molar-refractivity contribution in [1.82, 2.24) is 30.2 Å². The Morgan fingerprint density at radius 1 is 0.976 bits per heavy atom. The van der Waals surface area contributed by atoms with Crippen molar-refractivity contribution in [2.45, 2.75) is 38.6 Å². The van der Waals surface area contributed by atoms with Crippen LogP contribution in [0.2, 0.25) is 0 Å². The summed E-state index contributed by atoms with van der Waals surface area (Å²) < 4.78 is 0. The number of aryl methyl sites for hydroxylation is 1. The molecule has 4 rings (SSSR count). The van der Waals surface area contributed by atoms with E-state index in [0.717, 1.165) is 61.3 Å². The summed E-state index contributed by atoms with van der Waals surface area (Å²) in [4.78, 5) is 59.4. The quantitative estimate of drug-likeness (QED) is 0.320. The van der Waals surface area contributed by atoms with E-state index in [0.29, 0.717) is 18.3 Å². The van der Waals surface area contributed by atoms with Crippen molar-refractivity contribution in [3.8, 4) is 0 Å². The van der Waals surface area contributed by atoms with Crippen LogP contribution in [-0.2, 0) is 14.4 Å². The van der Waals surface area contributed by atoms with Crippen LogP contribution in [0.25, 0.3) is 0 Å². The van der Waals surface area contributed by atoms with Gasteiger partial charge in [-0.1, -0.05) is 0 Å². The third-order valence-electron chi connectivity index (χ3n) is 9.13. The van der Waals surface area contributed by atoms with Crippen molar-refractivity contribution in [3.63, 3.8) is 0 Å². The maximum Gasteiger partial charge on any atom is 0.261 e. The lowest BCUT2D eigenvalue weighted by Gasteiger charge is -2.40. The SMILES string of the molecule is CNC(=O)C(CCC=O)N(C=O)C(=O)c1ccc(N2CCN(CC3CCN(CCN4CCNCC4)CC3)CC2)cc1C. The fraction of sp³-hybridized carbons (Fsp3) is 0.677. The predicted molar refractivity (Wildman–Crippen MR) is 164 cm³/mol. The summed E-state index contributed by atoms with van der Waals surface area (Å²) in [6.07, 6.45) is 3.80. The summed E-state index contributed by atoms with van der Waals surface area (Å²) in [7, 11) is 1.45. The molecular formula is C31H49N7O4. The van der Waals surface area contributed by atoms with Crippen LogP contribution >= 0.6 is 0 Å². The van der Waals surface area contributed by atoms with Crippen molar-refractivity contribution < 1.29 is 19.2 Å². The van der Waals surface area contributed by atoms with Crippen LogP contribution in [0, 0.1) is 12.8 Å². The number of likely N-dealkylation sites (tertiary alicyclic amines) is 1. The van der Waals surface area contributed by atoms with Gasteiger partial charge in [-0.2, -0.15) is 0 Å². The summed E-state index contributed by atoms with van der Waals surface area (Å²) in [6.45, 7) is 16.3. The molecule has 0 bridgehead atoms. The minimum absolute atomic E-state index is 0.0793. The molecule has 0 aromatic heterocycles. The molecule has 3 aliphatic rings. The standard InChI is InChI=1S/C31H49N7O4/c1-25-22-27(5-6-28(25)31(42)38(24-40)29(4-3-21-39)30(41)32-2)37-19-17-36(18-20-37)23-26-7-11-34(12-8-26)15-16-35-13-9-33-10-14-35/h5-6,21-22,24,26,29,33H,3-4,7-20,23H2,1-2H3,(H,32,41). The number of hydrogen-bond donors (Lipinski definition) is 2. The summed E-state index contributed by atoms with van der Waals surface area (Å²) in [5, 5.41) is 5.92. The van der Waals surface area contributed by atoms with E-state index in [1.54, 1.807) is 6.07 Å². The van der Waals surface area contributed by atoms with Crippen molar-refractivity contribution >= 4 is 30.2 Å². The number of imide groups is 1. The number of carbonyl (C=O) groups is 4. The molecule has 1 aromatic carbocycles. The topological polar surface area (TPSA) is 109 Å². The lowest BCUT2D eigenvalue weighted by Crippen LogP contribution is -2.50. The second kappa shape index (κ2) is 16.1. The molecular weight excluding hydrogens is 534 g/mol. The fourth-order valence-electron chi connectivity index (χ4n) is 6.44. The first-order chi connectivity index (χ1) is 20.4. The normalized spacial score (nSPS) is 20.2. The molecule has 3 heterocycles. The molecule has 11 heteroatoms. The van der Waals surface area contributed by atoms with Gasteiger partial charge < -0.3 is 25.2 Å². The molecule has 1 atom stereocenters. The van der Waals surface area contributed by atoms with Gasteiger partial charge in [0.25, 0.3) is 5.91 Å². The molecule has 11 nitrogen and oxygen atoms in total. The zero-order valence-electron chi connectivity index (χ0n) is 25.4. The third-order valence-corrected chi connectivity index (χ3v) is 9.13. The van der Waals surface area contributed by atoms with Gasteiger partial charge in [0.05, 0.1) is 0 Å². The van der Waals surface area contributed by atoms with E-state index in [9.17, 15) is 19.2 Å². The number of piperazine rings is 2. The highest BCUT2D eigenvalue weighted by Crippen LogP contribution is 2.24. The molecule has 3 aliphatic heterocycles. The molecule has 0 spiro atoms. The van der Waals surface area contributed by atoms with Gasteiger partial charge in [-0.15, -0.1) is 0 Å². The van der Waals surface area contributed by atoms with Crippen molar-refractivity contribution in [2.24, 2.45) is 5.92 Å². The molecule has 42 heavy (non-hydrogen) atoms. The van der Waals surface area contributed by atoms with Crippen LogP contribution in [-0.4, -0.2) is 142 Å². The number of likely N-dealkylation sites (N-methyl/N-ethyl adjacent to an activating group) is 1. The van der Waals surface area contributed by atoms with Crippen LogP contribution in [0.15, 0.2) is 18.2 Å². The number of rotatable bonds is 13. The molecule has 1 aromatic rings. The molecule has 0 radical (unpaired) electrons. The number of piperidine rings is 1. The van der Waals surface area contributed by atoms with Crippen LogP contribution in [0.1, 0.15) is 41.6 Å². The predicted octanol–water partition coefficient (Wildman–Crippen LogP) is 0.427. The Hall–Kier alpha value is -2.86. The van der Waals surface area contributed by atoms with Crippen LogP contribution in [0.5, 0.6) is 0 Å². The zero-order valence-corrected chi connectivity index (χ0v) is 25.4. The van der Waals surface area contributed by atoms with Crippen LogP contribution in [0.3, 0.4) is 0 Å². The molecule has 0 aliphatic carbocycles. The van der Waals surface area contributed by atoms with E-state index >= 15 is 0 Å². The number of anilines is 1. The number of aldehydes is 1. The first kappa shape index (κ1) is 32.1. The molecule has 1 unspecified atom stereocenters. The minimum Gasteiger partial charge on any atom is -0.369 e. The highest BCUT2D eigenvalue weighted by molar-refractivity contribution is 6.04. The Morgan fingerprint density at radius 2 is 1.64 bits per heavy atom. The van der Waals surface area contributed by atoms with Crippen molar-refractivity contribution in [2.75, 3.05) is 97.0 Å². The Labute approximate surface area is 250 Å². The number of amides is 3. The largest absolute Gasteiger partial charge is 0.369 e. The monoisotopic (exact) mass is 583 g/mol. The first-order valence-corrected chi connectivity index (χ1v) is 15.6. The first-order valence-electron chi connectivity index (χ1n) is 15.6. The summed E-state index contributed by atoms with van der Waals surface area (Å²) >= 11 is 0. The summed E-state index contributed by atoms with van der Waals surface area (Å²) in [5.41, 5.74) is 2.19. The zero-order chi connectivity index (χ0) is 29.9. The van der Waals surface area contributed by atoms with Gasteiger partial charge in [-0.05, 0) is 69.0 Å². The van der Waals surface area contributed by atoms with E-state index in [1.807, 2.05) is 19.1 Å². The number of benzene rings is 1. The summed E-state index contributed by atoms with van der Waals surface area (Å²) in [5.74, 6) is -0.237. The van der Waals surface area contributed by atoms with Gasteiger partial charge in [0.2, 0.25) is 12.3 Å². The van der Waals surface area contributed by atoms with Gasteiger partial charge in [0, 0.05) is 96.7 Å². The summed E-state index contributed by atoms with van der Waals surface area (Å²) in [6, 6.07) is 4.63. The van der Waals surface area contributed by atoms with Gasteiger partial charge in [-0.3, -0.25) is 29.1 Å². The highest BCUT2D eigenvalue weighted by Gasteiger charge is 2.31. The van der Waals surface area contributed by atoms with Crippen molar-refractivity contribution in [3.05, 3.63) is 29.3 Å². The maximum atomic E-state index is 13.3. The average molecular weight is 584 g/mol. The molecule has 2 N–H and O–H groups in total. The van der Waals surface area contributed by atoms with Gasteiger partial charge >= 0.3 is 0 Å². The Balaban J connectivity index is 1.24. The van der Waals surface area contributed by atoms with E-state index in [-0.39, 0.29) is 12.8 Å².